The molecule has 1 amide bonds. The number of aromatic nitrogens is 1. The van der Waals surface area contributed by atoms with Gasteiger partial charge >= 0.3 is 0 Å². The summed E-state index contributed by atoms with van der Waals surface area (Å²) in [4.78, 5) is 16.3. The Balaban J connectivity index is 1.71. The third-order valence-corrected chi connectivity index (χ3v) is 5.48. The average Bonchev–Trinajstić information content (AvgIpc) is 2.95. The summed E-state index contributed by atoms with van der Waals surface area (Å²) >= 11 is 12.8. The van der Waals surface area contributed by atoms with Gasteiger partial charge in [-0.1, -0.05) is 23.7 Å². The van der Waals surface area contributed by atoms with E-state index in [9.17, 15) is 4.79 Å². The smallest absolute Gasteiger partial charge is 0.225 e. The Hall–Kier alpha value is -1.17. The molecule has 0 saturated heterocycles. The van der Waals surface area contributed by atoms with Gasteiger partial charge in [0.25, 0.3) is 0 Å². The van der Waals surface area contributed by atoms with Gasteiger partial charge in [-0.3, -0.25) is 4.79 Å². The number of fused-ring (bicyclic) bond motifs is 1. The van der Waals surface area contributed by atoms with Gasteiger partial charge in [-0.2, -0.15) is 0 Å². The molecule has 21 heavy (non-hydrogen) atoms. The van der Waals surface area contributed by atoms with E-state index in [1.165, 1.54) is 11.3 Å². The van der Waals surface area contributed by atoms with Gasteiger partial charge in [0, 0.05) is 15.6 Å². The first kappa shape index (κ1) is 14.8. The van der Waals surface area contributed by atoms with Crippen LogP contribution < -0.4 is 5.32 Å². The minimum absolute atomic E-state index is 0.0289. The molecule has 1 aliphatic rings. The van der Waals surface area contributed by atoms with Crippen LogP contribution in [0.4, 0.5) is 0 Å². The standard InChI is InChI=1S/C15H15ClN2OS2/c1-8-13(21-15(20)17-8)7-14(19)18-12-6-5-9-10(12)3-2-4-11(9)16/h2-4,12H,5-7H2,1H3,(H,17,20)(H,18,19)/t12-/m1/s1. The van der Waals surface area contributed by atoms with Crippen LogP contribution in [-0.4, -0.2) is 10.9 Å². The minimum Gasteiger partial charge on any atom is -0.349 e. The molecule has 1 aromatic heterocycles. The second-order valence-corrected chi connectivity index (χ2v) is 7.38. The highest BCUT2D eigenvalue weighted by Gasteiger charge is 2.25. The molecule has 0 radical (unpaired) electrons. The van der Waals surface area contributed by atoms with Crippen LogP contribution in [0, 0.1) is 10.9 Å². The molecule has 2 aromatic rings. The Morgan fingerprint density at radius 2 is 2.38 bits per heavy atom. The van der Waals surface area contributed by atoms with Crippen molar-refractivity contribution in [1.29, 1.82) is 0 Å². The minimum atomic E-state index is 0.0289. The number of aryl methyl sites for hydroxylation is 1. The molecular formula is C15H15ClN2OS2. The first-order chi connectivity index (χ1) is 10.0. The highest BCUT2D eigenvalue weighted by molar-refractivity contribution is 7.73. The molecule has 1 aliphatic carbocycles. The summed E-state index contributed by atoms with van der Waals surface area (Å²) in [6, 6.07) is 5.96. The molecular weight excluding hydrogens is 324 g/mol. The zero-order chi connectivity index (χ0) is 15.0. The van der Waals surface area contributed by atoms with Crippen LogP contribution in [0.1, 0.15) is 34.2 Å². The average molecular weight is 339 g/mol. The summed E-state index contributed by atoms with van der Waals surface area (Å²) in [7, 11) is 0. The summed E-state index contributed by atoms with van der Waals surface area (Å²) in [5, 5.41) is 3.90. The lowest BCUT2D eigenvalue weighted by Gasteiger charge is -2.14. The van der Waals surface area contributed by atoms with Gasteiger partial charge in [0.05, 0.1) is 12.5 Å². The fourth-order valence-corrected chi connectivity index (χ4v) is 4.32. The highest BCUT2D eigenvalue weighted by Crippen LogP contribution is 2.35. The summed E-state index contributed by atoms with van der Waals surface area (Å²) < 4.78 is 0.716. The maximum Gasteiger partial charge on any atom is 0.225 e. The number of nitrogens with one attached hydrogen (secondary N) is 2. The van der Waals surface area contributed by atoms with Gasteiger partial charge in [0.2, 0.25) is 5.91 Å². The van der Waals surface area contributed by atoms with Crippen LogP contribution in [0.5, 0.6) is 0 Å². The van der Waals surface area contributed by atoms with Crippen LogP contribution >= 0.6 is 35.2 Å². The Morgan fingerprint density at radius 1 is 1.57 bits per heavy atom. The number of carbonyl (C=O) groups excluding carboxylic acids is 1. The fourth-order valence-electron chi connectivity index (χ4n) is 2.76. The predicted molar refractivity (Wildman–Crippen MR) is 88.6 cm³/mol. The Labute approximate surface area is 137 Å². The lowest BCUT2D eigenvalue weighted by Crippen LogP contribution is -2.28. The zero-order valence-electron chi connectivity index (χ0n) is 11.5. The number of hydrogen-bond acceptors (Lipinski definition) is 3. The molecule has 1 aromatic carbocycles. The van der Waals surface area contributed by atoms with E-state index in [1.807, 2.05) is 25.1 Å². The molecule has 2 N–H and O–H groups in total. The van der Waals surface area contributed by atoms with Crippen molar-refractivity contribution in [3.8, 4) is 0 Å². The number of hydrogen-bond donors (Lipinski definition) is 2. The quantitative estimate of drug-likeness (QED) is 0.827. The van der Waals surface area contributed by atoms with E-state index in [0.717, 1.165) is 39.6 Å². The van der Waals surface area contributed by atoms with E-state index in [4.69, 9.17) is 23.8 Å². The van der Waals surface area contributed by atoms with Gasteiger partial charge in [-0.15, -0.1) is 11.3 Å². The molecule has 1 atom stereocenters. The van der Waals surface area contributed by atoms with E-state index in [1.54, 1.807) is 0 Å². The monoisotopic (exact) mass is 338 g/mol. The van der Waals surface area contributed by atoms with Gasteiger partial charge in [0.1, 0.15) is 0 Å². The van der Waals surface area contributed by atoms with Crippen molar-refractivity contribution in [2.24, 2.45) is 0 Å². The number of halogens is 1. The molecule has 0 spiro atoms. The molecule has 0 aliphatic heterocycles. The molecule has 110 valence electrons. The van der Waals surface area contributed by atoms with Crippen LogP contribution in [0.3, 0.4) is 0 Å². The molecule has 0 unspecified atom stereocenters. The lowest BCUT2D eigenvalue weighted by molar-refractivity contribution is -0.121. The van der Waals surface area contributed by atoms with Crippen LogP contribution in [-0.2, 0) is 17.6 Å². The Kier molecular flexibility index (Phi) is 4.15. The van der Waals surface area contributed by atoms with E-state index in [2.05, 4.69) is 10.3 Å². The summed E-state index contributed by atoms with van der Waals surface area (Å²) in [6.07, 6.45) is 2.20. The van der Waals surface area contributed by atoms with Crippen LogP contribution in [0.15, 0.2) is 18.2 Å². The third-order valence-electron chi connectivity index (χ3n) is 3.79. The van der Waals surface area contributed by atoms with Crippen LogP contribution in [0.2, 0.25) is 5.02 Å². The lowest BCUT2D eigenvalue weighted by atomic mass is 10.1. The number of rotatable bonds is 3. The molecule has 0 saturated carbocycles. The van der Waals surface area contributed by atoms with Crippen molar-refractivity contribution in [2.45, 2.75) is 32.2 Å². The van der Waals surface area contributed by atoms with E-state index >= 15 is 0 Å². The molecule has 3 nitrogen and oxygen atoms in total. The first-order valence-electron chi connectivity index (χ1n) is 6.80. The molecule has 3 rings (SSSR count). The number of thiazole rings is 1. The van der Waals surface area contributed by atoms with Crippen LogP contribution in [0.25, 0.3) is 0 Å². The highest BCUT2D eigenvalue weighted by atomic mass is 35.5. The van der Waals surface area contributed by atoms with E-state index < -0.39 is 0 Å². The number of aromatic amines is 1. The van der Waals surface area contributed by atoms with Gasteiger partial charge in [0.15, 0.2) is 3.95 Å². The molecule has 0 bridgehead atoms. The van der Waals surface area contributed by atoms with Crippen molar-refractivity contribution in [3.05, 3.63) is 48.9 Å². The van der Waals surface area contributed by atoms with E-state index in [-0.39, 0.29) is 11.9 Å². The van der Waals surface area contributed by atoms with Crippen molar-refractivity contribution >= 4 is 41.1 Å². The summed E-state index contributed by atoms with van der Waals surface area (Å²) in [5.74, 6) is 0.0289. The number of amides is 1. The number of H-pyrrole nitrogens is 1. The van der Waals surface area contributed by atoms with Gasteiger partial charge in [-0.05, 0) is 49.2 Å². The Morgan fingerprint density at radius 3 is 3.10 bits per heavy atom. The largest absolute Gasteiger partial charge is 0.349 e. The second-order valence-electron chi connectivity index (χ2n) is 5.21. The Bertz CT molecular complexity index is 750. The summed E-state index contributed by atoms with van der Waals surface area (Å²) in [5.41, 5.74) is 3.29. The predicted octanol–water partition coefficient (Wildman–Crippen LogP) is 4.11. The topological polar surface area (TPSA) is 44.9 Å². The molecule has 1 heterocycles. The maximum absolute atomic E-state index is 12.2. The van der Waals surface area contributed by atoms with Crippen molar-refractivity contribution in [1.82, 2.24) is 10.3 Å². The number of carbonyl (C=O) groups is 1. The summed E-state index contributed by atoms with van der Waals surface area (Å²) in [6.45, 7) is 1.94. The van der Waals surface area contributed by atoms with Gasteiger partial charge < -0.3 is 10.3 Å². The first-order valence-corrected chi connectivity index (χ1v) is 8.40. The number of benzene rings is 1. The SMILES string of the molecule is Cc1[nH]c(=S)sc1CC(=O)N[C@@H]1CCc2c(Cl)cccc21. The second kappa shape index (κ2) is 5.91. The third kappa shape index (κ3) is 3.05. The maximum atomic E-state index is 12.2. The fraction of sp³-hybridized carbons (Fsp3) is 0.333. The molecule has 6 heteroatoms. The van der Waals surface area contributed by atoms with Crippen molar-refractivity contribution in [3.63, 3.8) is 0 Å². The van der Waals surface area contributed by atoms with Gasteiger partial charge in [-0.25, -0.2) is 0 Å². The molecule has 0 fully saturated rings. The normalized spacial score (nSPS) is 16.8. The zero-order valence-corrected chi connectivity index (χ0v) is 13.9. The van der Waals surface area contributed by atoms with Crippen molar-refractivity contribution < 1.29 is 4.79 Å². The van der Waals surface area contributed by atoms with Crippen molar-refractivity contribution in [2.75, 3.05) is 0 Å². The van der Waals surface area contributed by atoms with E-state index in [0.29, 0.717) is 10.4 Å².